The number of hydrogen-bond donors (Lipinski definition) is 1. The van der Waals surface area contributed by atoms with E-state index in [1.165, 1.54) is 5.56 Å². The number of fused-ring (bicyclic) bond motifs is 1. The molecule has 1 heterocycles. The van der Waals surface area contributed by atoms with E-state index in [1.54, 1.807) is 0 Å². The van der Waals surface area contributed by atoms with Crippen molar-refractivity contribution in [2.45, 2.75) is 40.2 Å². The molecule has 1 atom stereocenters. The molecule has 3 nitrogen and oxygen atoms in total. The first-order valence-corrected chi connectivity index (χ1v) is 8.89. The smallest absolute Gasteiger partial charge is 0.287 e. The minimum Gasteiger partial charge on any atom is -0.451 e. The Labute approximate surface area is 149 Å². The molecule has 3 aromatic rings. The second-order valence-corrected chi connectivity index (χ2v) is 6.84. The quantitative estimate of drug-likeness (QED) is 0.675. The van der Waals surface area contributed by atoms with Gasteiger partial charge in [-0.15, -0.1) is 0 Å². The van der Waals surface area contributed by atoms with Crippen molar-refractivity contribution in [1.82, 2.24) is 5.32 Å². The lowest BCUT2D eigenvalue weighted by molar-refractivity contribution is 0.0898. The molecule has 1 amide bonds. The Morgan fingerprint density at radius 2 is 1.76 bits per heavy atom. The van der Waals surface area contributed by atoms with Crippen molar-refractivity contribution >= 4 is 16.9 Å². The first-order chi connectivity index (χ1) is 12.0. The van der Waals surface area contributed by atoms with Crippen molar-refractivity contribution in [1.29, 1.82) is 0 Å². The highest BCUT2D eigenvalue weighted by molar-refractivity contribution is 5.99. The van der Waals surface area contributed by atoms with E-state index in [1.807, 2.05) is 31.2 Å². The van der Waals surface area contributed by atoms with Gasteiger partial charge in [-0.25, -0.2) is 0 Å². The van der Waals surface area contributed by atoms with Crippen LogP contribution in [0.15, 0.2) is 52.9 Å². The van der Waals surface area contributed by atoms with Gasteiger partial charge >= 0.3 is 0 Å². The summed E-state index contributed by atoms with van der Waals surface area (Å²) in [7, 11) is 0. The van der Waals surface area contributed by atoms with E-state index < -0.39 is 0 Å². The zero-order chi connectivity index (χ0) is 18.0. The van der Waals surface area contributed by atoms with E-state index in [-0.39, 0.29) is 17.9 Å². The lowest BCUT2D eigenvalue weighted by Gasteiger charge is -2.23. The fourth-order valence-electron chi connectivity index (χ4n) is 3.19. The van der Waals surface area contributed by atoms with Crippen molar-refractivity contribution in [2.24, 2.45) is 5.92 Å². The number of carbonyl (C=O) groups excluding carboxylic acids is 1. The average Bonchev–Trinajstić information content (AvgIpc) is 2.97. The van der Waals surface area contributed by atoms with Crippen molar-refractivity contribution < 1.29 is 9.21 Å². The molecule has 1 aromatic heterocycles. The van der Waals surface area contributed by atoms with Crippen LogP contribution in [0, 0.1) is 12.8 Å². The van der Waals surface area contributed by atoms with Crippen LogP contribution in [0.4, 0.5) is 0 Å². The summed E-state index contributed by atoms with van der Waals surface area (Å²) in [6, 6.07) is 16.2. The van der Waals surface area contributed by atoms with Crippen molar-refractivity contribution in [3.8, 4) is 0 Å². The van der Waals surface area contributed by atoms with Crippen LogP contribution in [0.1, 0.15) is 54.1 Å². The predicted octanol–water partition coefficient (Wildman–Crippen LogP) is 5.43. The molecule has 0 aliphatic carbocycles. The molecule has 0 aliphatic rings. The van der Waals surface area contributed by atoms with Crippen LogP contribution in [-0.4, -0.2) is 5.91 Å². The van der Waals surface area contributed by atoms with Crippen LogP contribution in [0.25, 0.3) is 11.0 Å². The molecule has 25 heavy (non-hydrogen) atoms. The SMILES string of the molecule is CCc1ccc([C@H](NC(=O)c2oc3ccccc3c2C)C(C)C)cc1. The van der Waals surface area contributed by atoms with E-state index in [4.69, 9.17) is 4.42 Å². The Kier molecular flexibility index (Phi) is 4.93. The Hall–Kier alpha value is -2.55. The largest absolute Gasteiger partial charge is 0.451 e. The third kappa shape index (κ3) is 3.46. The number of nitrogens with one attached hydrogen (secondary N) is 1. The van der Waals surface area contributed by atoms with Crippen LogP contribution in [0.2, 0.25) is 0 Å². The number of benzene rings is 2. The first kappa shape index (κ1) is 17.3. The summed E-state index contributed by atoms with van der Waals surface area (Å²) in [6.07, 6.45) is 1.01. The maximum atomic E-state index is 12.8. The summed E-state index contributed by atoms with van der Waals surface area (Å²) in [5.41, 5.74) is 4.05. The molecule has 0 saturated heterocycles. The first-order valence-electron chi connectivity index (χ1n) is 8.89. The number of rotatable bonds is 5. The minimum absolute atomic E-state index is 0.0500. The van der Waals surface area contributed by atoms with E-state index >= 15 is 0 Å². The molecule has 3 rings (SSSR count). The monoisotopic (exact) mass is 335 g/mol. The Balaban J connectivity index is 1.88. The van der Waals surface area contributed by atoms with Gasteiger partial charge in [0.1, 0.15) is 5.58 Å². The van der Waals surface area contributed by atoms with Gasteiger partial charge in [-0.1, -0.05) is 63.2 Å². The molecule has 0 radical (unpaired) electrons. The zero-order valence-corrected chi connectivity index (χ0v) is 15.3. The fourth-order valence-corrected chi connectivity index (χ4v) is 3.19. The molecule has 2 aromatic carbocycles. The van der Waals surface area contributed by atoms with Crippen LogP contribution < -0.4 is 5.32 Å². The topological polar surface area (TPSA) is 42.2 Å². The van der Waals surface area contributed by atoms with Gasteiger partial charge in [0.05, 0.1) is 6.04 Å². The fraction of sp³-hybridized carbons (Fsp3) is 0.318. The van der Waals surface area contributed by atoms with Gasteiger partial charge in [0.25, 0.3) is 5.91 Å². The van der Waals surface area contributed by atoms with Crippen molar-refractivity contribution in [3.63, 3.8) is 0 Å². The molecule has 0 bridgehead atoms. The van der Waals surface area contributed by atoms with Gasteiger partial charge in [0.15, 0.2) is 5.76 Å². The Morgan fingerprint density at radius 3 is 2.36 bits per heavy atom. The normalized spacial score (nSPS) is 12.5. The highest BCUT2D eigenvalue weighted by Gasteiger charge is 2.23. The van der Waals surface area contributed by atoms with Gasteiger partial charge in [-0.2, -0.15) is 0 Å². The average molecular weight is 335 g/mol. The second-order valence-electron chi connectivity index (χ2n) is 6.84. The number of carbonyl (C=O) groups is 1. The van der Waals surface area contributed by atoms with Crippen LogP contribution in [0.3, 0.4) is 0 Å². The van der Waals surface area contributed by atoms with Gasteiger partial charge in [0.2, 0.25) is 0 Å². The van der Waals surface area contributed by atoms with Crippen molar-refractivity contribution in [3.05, 3.63) is 71.0 Å². The molecule has 1 N–H and O–H groups in total. The summed E-state index contributed by atoms with van der Waals surface area (Å²) in [5.74, 6) is 0.519. The van der Waals surface area contributed by atoms with E-state index in [9.17, 15) is 4.79 Å². The molecule has 0 unspecified atom stereocenters. The Bertz CT molecular complexity index is 875. The highest BCUT2D eigenvalue weighted by atomic mass is 16.3. The maximum absolute atomic E-state index is 12.8. The molecule has 0 aliphatic heterocycles. The van der Waals surface area contributed by atoms with Gasteiger partial charge < -0.3 is 9.73 Å². The van der Waals surface area contributed by atoms with Gasteiger partial charge in [0, 0.05) is 10.9 Å². The van der Waals surface area contributed by atoms with E-state index in [0.717, 1.165) is 28.5 Å². The molecular formula is C22H25NO2. The Morgan fingerprint density at radius 1 is 1.08 bits per heavy atom. The highest BCUT2D eigenvalue weighted by Crippen LogP contribution is 2.27. The molecule has 130 valence electrons. The summed E-state index contributed by atoms with van der Waals surface area (Å²) < 4.78 is 5.80. The third-order valence-electron chi connectivity index (χ3n) is 4.75. The molecular weight excluding hydrogens is 310 g/mol. The summed E-state index contributed by atoms with van der Waals surface area (Å²) in [4.78, 5) is 12.8. The van der Waals surface area contributed by atoms with E-state index in [2.05, 4.69) is 50.4 Å². The van der Waals surface area contributed by atoms with E-state index in [0.29, 0.717) is 5.76 Å². The number of furan rings is 1. The number of para-hydroxylation sites is 1. The maximum Gasteiger partial charge on any atom is 0.287 e. The summed E-state index contributed by atoms with van der Waals surface area (Å²) in [6.45, 7) is 8.30. The summed E-state index contributed by atoms with van der Waals surface area (Å²) in [5, 5.41) is 4.14. The zero-order valence-electron chi connectivity index (χ0n) is 15.3. The number of hydrogen-bond acceptors (Lipinski definition) is 2. The van der Waals surface area contributed by atoms with Crippen molar-refractivity contribution in [2.75, 3.05) is 0 Å². The molecule has 0 saturated carbocycles. The summed E-state index contributed by atoms with van der Waals surface area (Å²) >= 11 is 0. The van der Waals surface area contributed by atoms with Gasteiger partial charge in [-0.3, -0.25) is 4.79 Å². The standard InChI is InChI=1S/C22H25NO2/c1-5-16-10-12-17(13-11-16)20(14(2)3)23-22(24)21-15(4)18-8-6-7-9-19(18)25-21/h6-14,20H,5H2,1-4H3,(H,23,24)/t20-/m1/s1. The predicted molar refractivity (Wildman–Crippen MR) is 102 cm³/mol. The molecule has 3 heteroatoms. The third-order valence-corrected chi connectivity index (χ3v) is 4.75. The molecule has 0 fully saturated rings. The van der Waals surface area contributed by atoms with Gasteiger partial charge in [-0.05, 0) is 36.5 Å². The molecule has 0 spiro atoms. The number of aryl methyl sites for hydroxylation is 2. The van der Waals surface area contributed by atoms with Crippen LogP contribution in [-0.2, 0) is 6.42 Å². The van der Waals surface area contributed by atoms with Crippen LogP contribution in [0.5, 0.6) is 0 Å². The number of amides is 1. The lowest BCUT2D eigenvalue weighted by Crippen LogP contribution is -2.31. The second kappa shape index (κ2) is 7.14. The minimum atomic E-state index is -0.160. The lowest BCUT2D eigenvalue weighted by atomic mass is 9.94. The van der Waals surface area contributed by atoms with Crippen LogP contribution >= 0.6 is 0 Å².